The van der Waals surface area contributed by atoms with Crippen LogP contribution in [0.5, 0.6) is 11.5 Å². The van der Waals surface area contributed by atoms with Crippen molar-refractivity contribution in [1.82, 2.24) is 4.90 Å². The average molecular weight is 337 g/mol. The Hall–Kier alpha value is -2.24. The minimum atomic E-state index is -0.383. The molecule has 24 heavy (non-hydrogen) atoms. The van der Waals surface area contributed by atoms with Crippen molar-refractivity contribution in [3.63, 3.8) is 0 Å². The van der Waals surface area contributed by atoms with Gasteiger partial charge in [-0.15, -0.1) is 0 Å². The van der Waals surface area contributed by atoms with Gasteiger partial charge in [-0.2, -0.15) is 0 Å². The van der Waals surface area contributed by atoms with Crippen LogP contribution in [0, 0.1) is 5.92 Å². The van der Waals surface area contributed by atoms with E-state index in [1.54, 1.807) is 36.1 Å². The topological polar surface area (TPSA) is 65.1 Å². The van der Waals surface area contributed by atoms with E-state index in [0.29, 0.717) is 18.9 Å². The Balaban J connectivity index is 2.60. The number of esters is 1. The van der Waals surface area contributed by atoms with Crippen LogP contribution in [0.1, 0.15) is 27.7 Å². The second kappa shape index (κ2) is 9.80. The average Bonchev–Trinajstić information content (AvgIpc) is 2.57. The van der Waals surface area contributed by atoms with Gasteiger partial charge in [0.15, 0.2) is 6.61 Å². The Kier molecular flexibility index (Phi) is 8.09. The van der Waals surface area contributed by atoms with E-state index in [4.69, 9.17) is 14.2 Å². The second-order valence-electron chi connectivity index (χ2n) is 5.76. The lowest BCUT2D eigenvalue weighted by Crippen LogP contribution is -2.44. The molecule has 0 spiro atoms. The van der Waals surface area contributed by atoms with Crippen molar-refractivity contribution in [3.05, 3.63) is 24.3 Å². The van der Waals surface area contributed by atoms with E-state index in [1.165, 1.54) is 7.11 Å². The van der Waals surface area contributed by atoms with Crippen LogP contribution in [0.4, 0.5) is 0 Å². The van der Waals surface area contributed by atoms with E-state index in [9.17, 15) is 9.59 Å². The first-order chi connectivity index (χ1) is 11.4. The van der Waals surface area contributed by atoms with Gasteiger partial charge in [-0.1, -0.05) is 6.92 Å². The highest BCUT2D eigenvalue weighted by molar-refractivity contribution is 5.79. The van der Waals surface area contributed by atoms with Gasteiger partial charge in [-0.3, -0.25) is 9.59 Å². The Morgan fingerprint density at radius 2 is 1.58 bits per heavy atom. The Bertz CT molecular complexity index is 527. The monoisotopic (exact) mass is 337 g/mol. The molecule has 1 rings (SSSR count). The van der Waals surface area contributed by atoms with E-state index in [2.05, 4.69) is 0 Å². The summed E-state index contributed by atoms with van der Waals surface area (Å²) in [7, 11) is 1.34. The summed E-state index contributed by atoms with van der Waals surface area (Å²) in [4.78, 5) is 25.6. The van der Waals surface area contributed by atoms with Crippen LogP contribution in [0.25, 0.3) is 0 Å². The number of benzene rings is 1. The predicted molar refractivity (Wildman–Crippen MR) is 91.1 cm³/mol. The Labute approximate surface area is 143 Å². The molecular weight excluding hydrogens is 310 g/mol. The molecule has 1 amide bonds. The molecule has 6 heteroatoms. The summed E-state index contributed by atoms with van der Waals surface area (Å²) in [6.45, 7) is 8.27. The van der Waals surface area contributed by atoms with Gasteiger partial charge >= 0.3 is 5.97 Å². The number of carbonyl (C=O) groups excluding carboxylic acids is 2. The van der Waals surface area contributed by atoms with Crippen LogP contribution in [0.3, 0.4) is 0 Å². The van der Waals surface area contributed by atoms with E-state index in [-0.39, 0.29) is 30.4 Å². The zero-order chi connectivity index (χ0) is 18.1. The van der Waals surface area contributed by atoms with Gasteiger partial charge < -0.3 is 19.1 Å². The summed E-state index contributed by atoms with van der Waals surface area (Å²) in [6.07, 6.45) is 0. The predicted octanol–water partition coefficient (Wildman–Crippen LogP) is 2.51. The third-order valence-electron chi connectivity index (χ3n) is 3.51. The lowest BCUT2D eigenvalue weighted by atomic mass is 10.1. The maximum atomic E-state index is 12.4. The van der Waals surface area contributed by atoms with Gasteiger partial charge in [0.05, 0.1) is 19.6 Å². The molecule has 1 aromatic carbocycles. The van der Waals surface area contributed by atoms with Crippen molar-refractivity contribution in [2.45, 2.75) is 33.7 Å². The number of methoxy groups -OCH3 is 1. The van der Waals surface area contributed by atoms with Crippen molar-refractivity contribution in [2.75, 3.05) is 26.9 Å². The minimum Gasteiger partial charge on any atom is -0.494 e. The molecule has 1 unspecified atom stereocenters. The lowest BCUT2D eigenvalue weighted by Gasteiger charge is -2.28. The van der Waals surface area contributed by atoms with Crippen molar-refractivity contribution >= 4 is 11.9 Å². The Morgan fingerprint density at radius 1 is 1.04 bits per heavy atom. The number of amides is 1. The molecule has 0 aromatic heterocycles. The van der Waals surface area contributed by atoms with Crippen LogP contribution in [-0.2, 0) is 14.3 Å². The largest absolute Gasteiger partial charge is 0.494 e. The Morgan fingerprint density at radius 3 is 2.04 bits per heavy atom. The fourth-order valence-electron chi connectivity index (χ4n) is 2.20. The summed E-state index contributed by atoms with van der Waals surface area (Å²) in [5.74, 6) is 0.464. The van der Waals surface area contributed by atoms with Gasteiger partial charge in [-0.25, -0.2) is 0 Å². The summed E-state index contributed by atoms with van der Waals surface area (Å²) >= 11 is 0. The highest BCUT2D eigenvalue weighted by Crippen LogP contribution is 2.18. The smallest absolute Gasteiger partial charge is 0.310 e. The molecule has 0 N–H and O–H groups in total. The van der Waals surface area contributed by atoms with Crippen LogP contribution in [0.15, 0.2) is 24.3 Å². The first-order valence-corrected chi connectivity index (χ1v) is 8.12. The van der Waals surface area contributed by atoms with E-state index < -0.39 is 0 Å². The number of hydrogen-bond acceptors (Lipinski definition) is 5. The molecule has 0 saturated heterocycles. The molecule has 6 nitrogen and oxygen atoms in total. The minimum absolute atomic E-state index is 0.0338. The molecule has 0 aliphatic rings. The van der Waals surface area contributed by atoms with Crippen LogP contribution in [0.2, 0.25) is 0 Å². The number of ether oxygens (including phenoxy) is 3. The van der Waals surface area contributed by atoms with Gasteiger partial charge in [0.2, 0.25) is 0 Å². The molecular formula is C18H27NO5. The molecule has 1 atom stereocenters. The van der Waals surface area contributed by atoms with Gasteiger partial charge in [0, 0.05) is 12.6 Å². The number of carbonyl (C=O) groups is 2. The van der Waals surface area contributed by atoms with Crippen molar-refractivity contribution < 1.29 is 23.8 Å². The van der Waals surface area contributed by atoms with Crippen molar-refractivity contribution in [3.8, 4) is 11.5 Å². The SMILES string of the molecule is CCOc1ccc(OCC(=O)N(CC(C)C(=O)OC)C(C)C)cc1. The van der Waals surface area contributed by atoms with Gasteiger partial charge in [0.1, 0.15) is 11.5 Å². The highest BCUT2D eigenvalue weighted by atomic mass is 16.5. The highest BCUT2D eigenvalue weighted by Gasteiger charge is 2.23. The number of nitrogens with zero attached hydrogens (tertiary/aromatic N) is 1. The molecule has 0 fully saturated rings. The second-order valence-corrected chi connectivity index (χ2v) is 5.76. The standard InChI is InChI=1S/C18H27NO5/c1-6-23-15-7-9-16(10-8-15)24-12-17(20)19(13(2)3)11-14(4)18(21)22-5/h7-10,13-14H,6,11-12H2,1-5H3. The molecule has 0 bridgehead atoms. The van der Waals surface area contributed by atoms with Crippen molar-refractivity contribution in [2.24, 2.45) is 5.92 Å². The summed E-state index contributed by atoms with van der Waals surface area (Å²) in [5.41, 5.74) is 0. The molecule has 134 valence electrons. The molecule has 0 saturated carbocycles. The number of hydrogen-bond donors (Lipinski definition) is 0. The van der Waals surface area contributed by atoms with E-state index >= 15 is 0 Å². The lowest BCUT2D eigenvalue weighted by molar-refractivity contribution is -0.147. The van der Waals surface area contributed by atoms with Crippen LogP contribution >= 0.6 is 0 Å². The van der Waals surface area contributed by atoms with E-state index in [1.807, 2.05) is 20.8 Å². The summed E-state index contributed by atoms with van der Waals surface area (Å²) < 4.78 is 15.6. The molecule has 0 radical (unpaired) electrons. The zero-order valence-electron chi connectivity index (χ0n) is 15.1. The quantitative estimate of drug-likeness (QED) is 0.648. The third kappa shape index (κ3) is 6.10. The summed E-state index contributed by atoms with van der Waals surface area (Å²) in [6, 6.07) is 7.07. The molecule has 1 aromatic rings. The van der Waals surface area contributed by atoms with Crippen molar-refractivity contribution in [1.29, 1.82) is 0 Å². The van der Waals surface area contributed by atoms with Gasteiger partial charge in [0.25, 0.3) is 5.91 Å². The maximum Gasteiger partial charge on any atom is 0.310 e. The fraction of sp³-hybridized carbons (Fsp3) is 0.556. The maximum absolute atomic E-state index is 12.4. The normalized spacial score (nSPS) is 11.8. The number of rotatable bonds is 9. The molecule has 0 aliphatic heterocycles. The zero-order valence-corrected chi connectivity index (χ0v) is 15.1. The molecule has 0 aliphatic carbocycles. The van der Waals surface area contributed by atoms with E-state index in [0.717, 1.165) is 5.75 Å². The van der Waals surface area contributed by atoms with Gasteiger partial charge in [-0.05, 0) is 45.0 Å². The first-order valence-electron chi connectivity index (χ1n) is 8.12. The third-order valence-corrected chi connectivity index (χ3v) is 3.51. The molecule has 0 heterocycles. The van der Waals surface area contributed by atoms with Crippen LogP contribution < -0.4 is 9.47 Å². The van der Waals surface area contributed by atoms with Crippen LogP contribution in [-0.4, -0.2) is 49.7 Å². The summed E-state index contributed by atoms with van der Waals surface area (Å²) in [5, 5.41) is 0. The first kappa shape index (κ1) is 19.8. The fourth-order valence-corrected chi connectivity index (χ4v) is 2.20.